The van der Waals surface area contributed by atoms with E-state index in [0.29, 0.717) is 5.41 Å². The van der Waals surface area contributed by atoms with E-state index in [1.54, 1.807) is 0 Å². The van der Waals surface area contributed by atoms with E-state index in [2.05, 4.69) is 39.9 Å². The predicted octanol–water partition coefficient (Wildman–Crippen LogP) is 3.75. The van der Waals surface area contributed by atoms with Gasteiger partial charge in [-0.3, -0.25) is 0 Å². The molecule has 0 aliphatic heterocycles. The molecule has 1 N–H and O–H groups in total. The van der Waals surface area contributed by atoms with Gasteiger partial charge in [0.1, 0.15) is 0 Å². The second-order valence-electron chi connectivity index (χ2n) is 6.93. The van der Waals surface area contributed by atoms with E-state index in [9.17, 15) is 0 Å². The van der Waals surface area contributed by atoms with E-state index in [1.165, 1.54) is 25.7 Å². The molecule has 1 atom stereocenters. The van der Waals surface area contributed by atoms with Crippen LogP contribution in [-0.2, 0) is 4.74 Å². The molecule has 102 valence electrons. The molecule has 0 aromatic carbocycles. The maximum atomic E-state index is 5.87. The third-order valence-electron chi connectivity index (χ3n) is 3.49. The van der Waals surface area contributed by atoms with Crippen LogP contribution in [0.5, 0.6) is 0 Å². The summed E-state index contributed by atoms with van der Waals surface area (Å²) in [5, 5.41) is 3.67. The second-order valence-corrected chi connectivity index (χ2v) is 6.93. The summed E-state index contributed by atoms with van der Waals surface area (Å²) in [6.07, 6.45) is 6.47. The molecule has 1 unspecified atom stereocenters. The van der Waals surface area contributed by atoms with Gasteiger partial charge in [-0.15, -0.1) is 0 Å². The number of rotatable bonds is 8. The SMILES string of the molecule is CCCC(C)(CCOC(C)(C)C)CNC1CC1. The van der Waals surface area contributed by atoms with Crippen molar-refractivity contribution in [1.29, 1.82) is 0 Å². The Morgan fingerprint density at radius 2 is 1.76 bits per heavy atom. The van der Waals surface area contributed by atoms with Gasteiger partial charge in [-0.1, -0.05) is 20.3 Å². The lowest BCUT2D eigenvalue weighted by atomic mass is 9.82. The Hall–Kier alpha value is -0.0800. The van der Waals surface area contributed by atoms with Crippen LogP contribution in [0.25, 0.3) is 0 Å². The fraction of sp³-hybridized carbons (Fsp3) is 1.00. The molecule has 0 spiro atoms. The molecule has 2 heteroatoms. The molecule has 1 rings (SSSR count). The van der Waals surface area contributed by atoms with Gasteiger partial charge < -0.3 is 10.1 Å². The van der Waals surface area contributed by atoms with Crippen molar-refractivity contribution in [3.05, 3.63) is 0 Å². The van der Waals surface area contributed by atoms with Gasteiger partial charge in [-0.2, -0.15) is 0 Å². The highest BCUT2D eigenvalue weighted by atomic mass is 16.5. The smallest absolute Gasteiger partial charge is 0.0598 e. The molecule has 0 bridgehead atoms. The van der Waals surface area contributed by atoms with Gasteiger partial charge in [-0.25, -0.2) is 0 Å². The van der Waals surface area contributed by atoms with Crippen LogP contribution in [-0.4, -0.2) is 24.8 Å². The lowest BCUT2D eigenvalue weighted by Crippen LogP contribution is -2.35. The Labute approximate surface area is 108 Å². The number of nitrogens with one attached hydrogen (secondary N) is 1. The molecule has 1 saturated carbocycles. The van der Waals surface area contributed by atoms with Crippen molar-refractivity contribution in [2.45, 2.75) is 78.4 Å². The average Bonchev–Trinajstić information content (AvgIpc) is 2.96. The van der Waals surface area contributed by atoms with Crippen LogP contribution in [0.15, 0.2) is 0 Å². The zero-order chi connectivity index (χ0) is 12.9. The minimum absolute atomic E-state index is 0.00293. The maximum absolute atomic E-state index is 5.87. The van der Waals surface area contributed by atoms with Gasteiger partial charge in [0.05, 0.1) is 5.60 Å². The largest absolute Gasteiger partial charge is 0.376 e. The highest BCUT2D eigenvalue weighted by molar-refractivity contribution is 4.85. The van der Waals surface area contributed by atoms with Crippen LogP contribution < -0.4 is 5.32 Å². The van der Waals surface area contributed by atoms with Crippen molar-refractivity contribution in [2.24, 2.45) is 5.41 Å². The molecular formula is C15H31NO. The predicted molar refractivity (Wildman–Crippen MR) is 74.4 cm³/mol. The van der Waals surface area contributed by atoms with Gasteiger partial charge >= 0.3 is 0 Å². The summed E-state index contributed by atoms with van der Waals surface area (Å²) >= 11 is 0. The minimum atomic E-state index is -0.00293. The fourth-order valence-corrected chi connectivity index (χ4v) is 2.19. The summed E-state index contributed by atoms with van der Waals surface area (Å²) < 4.78 is 5.87. The number of hydrogen-bond donors (Lipinski definition) is 1. The topological polar surface area (TPSA) is 21.3 Å². The molecule has 1 aliphatic rings. The summed E-state index contributed by atoms with van der Waals surface area (Å²) in [6.45, 7) is 13.1. The standard InChI is InChI=1S/C15H31NO/c1-6-9-15(5,12-16-13-7-8-13)10-11-17-14(2,3)4/h13,16H,6-12H2,1-5H3. The summed E-state index contributed by atoms with van der Waals surface area (Å²) in [4.78, 5) is 0. The van der Waals surface area contributed by atoms with Crippen LogP contribution in [0.3, 0.4) is 0 Å². The van der Waals surface area contributed by atoms with Crippen molar-refractivity contribution < 1.29 is 4.74 Å². The lowest BCUT2D eigenvalue weighted by Gasteiger charge is -2.31. The monoisotopic (exact) mass is 241 g/mol. The zero-order valence-corrected chi connectivity index (χ0v) is 12.4. The number of ether oxygens (including phenoxy) is 1. The quantitative estimate of drug-likeness (QED) is 0.699. The first-order chi connectivity index (χ1) is 7.85. The molecule has 0 heterocycles. The molecule has 0 aromatic rings. The fourth-order valence-electron chi connectivity index (χ4n) is 2.19. The normalized spacial score (nSPS) is 20.3. The van der Waals surface area contributed by atoms with E-state index in [-0.39, 0.29) is 5.60 Å². The Balaban J connectivity index is 2.28. The first-order valence-corrected chi connectivity index (χ1v) is 7.22. The lowest BCUT2D eigenvalue weighted by molar-refractivity contribution is -0.0180. The zero-order valence-electron chi connectivity index (χ0n) is 12.4. The molecule has 17 heavy (non-hydrogen) atoms. The third-order valence-corrected chi connectivity index (χ3v) is 3.49. The van der Waals surface area contributed by atoms with Gasteiger partial charge in [0.25, 0.3) is 0 Å². The Morgan fingerprint density at radius 3 is 2.24 bits per heavy atom. The molecule has 0 radical (unpaired) electrons. The molecule has 2 nitrogen and oxygen atoms in total. The van der Waals surface area contributed by atoms with Crippen LogP contribution in [0.2, 0.25) is 0 Å². The highest BCUT2D eigenvalue weighted by Gasteiger charge is 2.28. The Morgan fingerprint density at radius 1 is 1.12 bits per heavy atom. The Bertz CT molecular complexity index is 217. The van der Waals surface area contributed by atoms with Crippen molar-refractivity contribution in [3.63, 3.8) is 0 Å². The second kappa shape index (κ2) is 6.19. The third kappa shape index (κ3) is 7.05. The van der Waals surface area contributed by atoms with Gasteiger partial charge in [0.15, 0.2) is 0 Å². The first kappa shape index (κ1) is 15.0. The van der Waals surface area contributed by atoms with E-state index in [0.717, 1.165) is 25.6 Å². The summed E-state index contributed by atoms with van der Waals surface area (Å²) in [5.74, 6) is 0. The van der Waals surface area contributed by atoms with Crippen molar-refractivity contribution in [3.8, 4) is 0 Å². The first-order valence-electron chi connectivity index (χ1n) is 7.22. The molecule has 0 amide bonds. The molecular weight excluding hydrogens is 210 g/mol. The summed E-state index contributed by atoms with van der Waals surface area (Å²) in [5.41, 5.74) is 0.402. The van der Waals surface area contributed by atoms with Crippen LogP contribution in [0.1, 0.15) is 66.7 Å². The number of hydrogen-bond acceptors (Lipinski definition) is 2. The molecule has 1 aliphatic carbocycles. The average molecular weight is 241 g/mol. The van der Waals surface area contributed by atoms with Crippen LogP contribution >= 0.6 is 0 Å². The Kier molecular flexibility index (Phi) is 5.46. The van der Waals surface area contributed by atoms with Gasteiger partial charge in [0, 0.05) is 19.2 Å². The van der Waals surface area contributed by atoms with E-state index >= 15 is 0 Å². The maximum Gasteiger partial charge on any atom is 0.0598 e. The van der Waals surface area contributed by atoms with Crippen LogP contribution in [0, 0.1) is 5.41 Å². The van der Waals surface area contributed by atoms with Crippen molar-refractivity contribution in [2.75, 3.05) is 13.2 Å². The summed E-state index contributed by atoms with van der Waals surface area (Å²) in [6, 6.07) is 0.815. The van der Waals surface area contributed by atoms with Gasteiger partial charge in [-0.05, 0) is 51.9 Å². The van der Waals surface area contributed by atoms with E-state index in [4.69, 9.17) is 4.74 Å². The van der Waals surface area contributed by atoms with Crippen molar-refractivity contribution in [1.82, 2.24) is 5.32 Å². The molecule has 1 fully saturated rings. The van der Waals surface area contributed by atoms with E-state index in [1.807, 2.05) is 0 Å². The highest BCUT2D eigenvalue weighted by Crippen LogP contribution is 2.29. The van der Waals surface area contributed by atoms with Gasteiger partial charge in [0.2, 0.25) is 0 Å². The molecule has 0 saturated heterocycles. The molecule has 0 aromatic heterocycles. The van der Waals surface area contributed by atoms with Crippen molar-refractivity contribution >= 4 is 0 Å². The van der Waals surface area contributed by atoms with E-state index < -0.39 is 0 Å². The minimum Gasteiger partial charge on any atom is -0.376 e. The summed E-state index contributed by atoms with van der Waals surface area (Å²) in [7, 11) is 0. The van der Waals surface area contributed by atoms with Crippen LogP contribution in [0.4, 0.5) is 0 Å².